The maximum absolute atomic E-state index is 7.04. The molecule has 6 nitrogen and oxygen atoms in total. The maximum atomic E-state index is 7.04. The second-order valence-corrected chi connectivity index (χ2v) is 26.6. The Balaban J connectivity index is 1.18. The third-order valence-electron chi connectivity index (χ3n) is 17.0. The van der Waals surface area contributed by atoms with Crippen LogP contribution in [0.4, 0.5) is 0 Å². The van der Waals surface area contributed by atoms with Crippen LogP contribution in [0.2, 0.25) is 0 Å². The van der Waals surface area contributed by atoms with E-state index in [2.05, 4.69) is 243 Å². The third-order valence-corrected chi connectivity index (χ3v) is 26.0. The molecule has 0 radical (unpaired) electrons. The summed E-state index contributed by atoms with van der Waals surface area (Å²) in [6.07, 6.45) is 0. The van der Waals surface area contributed by atoms with Crippen molar-refractivity contribution in [2.75, 3.05) is 0 Å². The van der Waals surface area contributed by atoms with E-state index in [0.29, 0.717) is 0 Å². The summed E-state index contributed by atoms with van der Waals surface area (Å²) < 4.78 is 21.4. The molecular formula is C66H37GeN5O. The first-order valence-corrected chi connectivity index (χ1v) is 29.0. The van der Waals surface area contributed by atoms with Crippen molar-refractivity contribution in [2.24, 2.45) is 0 Å². The second-order valence-electron chi connectivity index (χ2n) is 20.3. The Labute approximate surface area is 418 Å². The van der Waals surface area contributed by atoms with Gasteiger partial charge in [0.05, 0.1) is 0 Å². The quantitative estimate of drug-likeness (QED) is 0.163. The Morgan fingerprint density at radius 1 is 0.260 bits per heavy atom. The number of hydrogen-bond acceptors (Lipinski definition) is 1. The van der Waals surface area contributed by atoms with Crippen LogP contribution in [0.5, 0.6) is 0 Å². The van der Waals surface area contributed by atoms with Gasteiger partial charge in [0.25, 0.3) is 0 Å². The minimum atomic E-state index is -5.00. The van der Waals surface area contributed by atoms with E-state index < -0.39 is 14.2 Å². The van der Waals surface area contributed by atoms with Crippen molar-refractivity contribution in [1.82, 2.24) is 18.7 Å². The van der Waals surface area contributed by atoms with Crippen LogP contribution in [-0.4, -0.2) is 32.8 Å². The zero-order chi connectivity index (χ0) is 47.0. The zero-order valence-electron chi connectivity index (χ0n) is 39.0. The summed E-state index contributed by atoms with van der Waals surface area (Å²) in [7, 11) is 0. The molecule has 0 saturated heterocycles. The average Bonchev–Trinajstić information content (AvgIpc) is 4.28. The van der Waals surface area contributed by atoms with Crippen LogP contribution in [0.15, 0.2) is 229 Å². The Kier molecular flexibility index (Phi) is 6.59. The molecular weight excluding hydrogens is 951 g/mol. The van der Waals surface area contributed by atoms with Crippen LogP contribution in [0.25, 0.3) is 159 Å². The number of para-hydroxylation sites is 3. The van der Waals surface area contributed by atoms with Crippen molar-refractivity contribution < 1.29 is 4.42 Å². The Hall–Kier alpha value is -9.24. The molecule has 6 aromatic heterocycles. The summed E-state index contributed by atoms with van der Waals surface area (Å²) in [6.45, 7) is 0. The molecule has 8 heterocycles. The van der Waals surface area contributed by atoms with Gasteiger partial charge >= 0.3 is 421 Å². The first-order chi connectivity index (χ1) is 36.3. The number of benzene rings is 11. The molecule has 0 unspecified atom stereocenters. The van der Waals surface area contributed by atoms with E-state index in [1.54, 1.807) is 0 Å². The Morgan fingerprint density at radius 3 is 1.11 bits per heavy atom. The number of nitrogens with zero attached hydrogens (tertiary/aromatic N) is 5. The topological polar surface area (TPSA) is 37.8 Å². The fourth-order valence-electron chi connectivity index (χ4n) is 14.4. The summed E-state index contributed by atoms with van der Waals surface area (Å²) >= 11 is -5.00. The van der Waals surface area contributed by atoms with Gasteiger partial charge in [0.2, 0.25) is 0 Å². The van der Waals surface area contributed by atoms with E-state index in [0.717, 1.165) is 16.9 Å². The van der Waals surface area contributed by atoms with Gasteiger partial charge in [0, 0.05) is 0 Å². The second kappa shape index (κ2) is 12.8. The van der Waals surface area contributed by atoms with Crippen LogP contribution >= 0.6 is 0 Å². The minimum absolute atomic E-state index is 0.916. The number of hydrogen-bond donors (Lipinski definition) is 0. The standard InChI is InChI=1S/C66H37GeN5O/c1-4-14-38(15-5-1)40-24-30-53-49(36-40)47-26-32-55-59-60-56(68(55)42-18-8-3-9-19-42)33-27-48-50-37-41(39-16-6-2-7-17-39)25-31-54(50)72(64(48)60)67(71(53)63(47)59)69-51-22-12-10-20-43(51)45-28-34-57-61(65(45)69)62-58(73-57)35-29-46-44-21-11-13-23-52(44)70(67)66(46)62/h1-37H. The summed E-state index contributed by atoms with van der Waals surface area (Å²) in [5, 5.41) is 15.0. The number of aromatic nitrogens is 5. The van der Waals surface area contributed by atoms with Crippen LogP contribution < -0.4 is 0 Å². The molecule has 73 heavy (non-hydrogen) atoms. The first kappa shape index (κ1) is 37.6. The van der Waals surface area contributed by atoms with Crippen molar-refractivity contribution in [3.05, 3.63) is 224 Å². The molecule has 0 aliphatic carbocycles. The number of rotatable bonds is 3. The predicted molar refractivity (Wildman–Crippen MR) is 305 cm³/mol. The van der Waals surface area contributed by atoms with Crippen molar-refractivity contribution in [2.45, 2.75) is 0 Å². The van der Waals surface area contributed by atoms with E-state index in [1.165, 1.54) is 142 Å². The van der Waals surface area contributed by atoms with Crippen LogP contribution in [0.1, 0.15) is 0 Å². The van der Waals surface area contributed by atoms with Crippen LogP contribution in [0.3, 0.4) is 0 Å². The molecule has 0 atom stereocenters. The van der Waals surface area contributed by atoms with Gasteiger partial charge in [-0.2, -0.15) is 0 Å². The van der Waals surface area contributed by atoms with Gasteiger partial charge in [-0.1, -0.05) is 0 Å². The van der Waals surface area contributed by atoms with Crippen molar-refractivity contribution >= 4 is 145 Å². The molecule has 0 saturated carbocycles. The van der Waals surface area contributed by atoms with E-state index in [9.17, 15) is 0 Å². The SMILES string of the molecule is c1ccc(-c2ccc3c(c2)c2ccc4c5c6c(ccc7c8cc(-c9ccccc9)ccc8[n](c76)[Ge]6([n]7c8ccccc8c8ccc9oc%10ccc%11c%12ccccc%12[n]6c%11c%10c9c87)[n]3c25)n4-c2ccccc2)cc1. The monoisotopic (exact) mass is 989 g/mol. The van der Waals surface area contributed by atoms with Gasteiger partial charge in [-0.25, -0.2) is 0 Å². The normalized spacial score (nSPS) is 13.9. The van der Waals surface area contributed by atoms with Crippen molar-refractivity contribution in [3.63, 3.8) is 0 Å². The molecule has 0 amide bonds. The van der Waals surface area contributed by atoms with Gasteiger partial charge in [0.15, 0.2) is 0 Å². The molecule has 2 aliphatic rings. The van der Waals surface area contributed by atoms with E-state index in [-0.39, 0.29) is 0 Å². The van der Waals surface area contributed by atoms with Crippen LogP contribution in [-0.2, 0) is 0 Å². The first-order valence-electron chi connectivity index (χ1n) is 25.3. The van der Waals surface area contributed by atoms with Gasteiger partial charge in [-0.15, -0.1) is 0 Å². The Bertz CT molecular complexity index is 5060. The molecule has 0 bridgehead atoms. The van der Waals surface area contributed by atoms with Gasteiger partial charge < -0.3 is 0 Å². The summed E-state index contributed by atoms with van der Waals surface area (Å²) in [5.74, 6) is 0. The molecule has 0 fully saturated rings. The molecule has 336 valence electrons. The van der Waals surface area contributed by atoms with Gasteiger partial charge in [0.1, 0.15) is 0 Å². The zero-order valence-corrected chi connectivity index (χ0v) is 41.1. The summed E-state index contributed by atoms with van der Waals surface area (Å²) in [6, 6.07) is 84.8. The molecule has 0 N–H and O–H groups in total. The fourth-order valence-corrected chi connectivity index (χ4v) is 25.7. The third kappa shape index (κ3) is 4.20. The average molecular weight is 989 g/mol. The van der Waals surface area contributed by atoms with Gasteiger partial charge in [-0.3, -0.25) is 0 Å². The molecule has 11 aromatic carbocycles. The number of fused-ring (bicyclic) bond motifs is 16. The molecule has 7 heteroatoms. The Morgan fingerprint density at radius 2 is 0.630 bits per heavy atom. The molecule has 2 aliphatic heterocycles. The summed E-state index contributed by atoms with van der Waals surface area (Å²) in [5.41, 5.74) is 20.2. The molecule has 19 rings (SSSR count). The fraction of sp³-hybridized carbons (Fsp3) is 0. The number of furan rings is 1. The van der Waals surface area contributed by atoms with E-state index in [1.807, 2.05) is 0 Å². The van der Waals surface area contributed by atoms with Crippen LogP contribution in [0, 0.1) is 0 Å². The van der Waals surface area contributed by atoms with Crippen molar-refractivity contribution in [3.8, 4) is 27.9 Å². The van der Waals surface area contributed by atoms with Crippen molar-refractivity contribution in [1.29, 1.82) is 0 Å². The molecule has 17 aromatic rings. The summed E-state index contributed by atoms with van der Waals surface area (Å²) in [4.78, 5) is 0. The molecule has 1 spiro atoms. The van der Waals surface area contributed by atoms with Gasteiger partial charge in [-0.05, 0) is 0 Å². The van der Waals surface area contributed by atoms with E-state index >= 15 is 0 Å². The predicted octanol–water partition coefficient (Wildman–Crippen LogP) is 17.0. The van der Waals surface area contributed by atoms with E-state index in [4.69, 9.17) is 4.42 Å².